The number of hydrogen-bond donors (Lipinski definition) is 1. The van der Waals surface area contributed by atoms with Gasteiger partial charge in [0.25, 0.3) is 0 Å². The normalized spacial score (nSPS) is 27.8. The molecule has 2 fully saturated rings. The number of nitrogens with two attached hydrogens (primary N) is 1. The van der Waals surface area contributed by atoms with Gasteiger partial charge in [0.1, 0.15) is 0 Å². The number of hydrogen-bond acceptors (Lipinski definition) is 4. The molecule has 0 aliphatic carbocycles. The molecule has 1 aromatic rings. The van der Waals surface area contributed by atoms with E-state index < -0.39 is 0 Å². The maximum atomic E-state index is 6.20. The van der Waals surface area contributed by atoms with Gasteiger partial charge < -0.3 is 15.4 Å². The van der Waals surface area contributed by atoms with Crippen molar-refractivity contribution in [1.29, 1.82) is 0 Å². The van der Waals surface area contributed by atoms with Crippen molar-refractivity contribution in [1.82, 2.24) is 4.90 Å². The Morgan fingerprint density at radius 1 is 1.24 bits per heavy atom. The molecule has 0 saturated carbocycles. The van der Waals surface area contributed by atoms with E-state index in [9.17, 15) is 0 Å². The van der Waals surface area contributed by atoms with Gasteiger partial charge in [0.15, 0.2) is 0 Å². The molecule has 2 unspecified atom stereocenters. The number of benzene rings is 1. The van der Waals surface area contributed by atoms with E-state index in [1.165, 1.54) is 5.69 Å². The lowest BCUT2D eigenvalue weighted by molar-refractivity contribution is 0.0253. The molecule has 2 heterocycles. The van der Waals surface area contributed by atoms with Gasteiger partial charge in [0, 0.05) is 62.0 Å². The van der Waals surface area contributed by atoms with Crippen LogP contribution < -0.4 is 10.6 Å². The number of halogens is 1. The monoisotopic (exact) mass is 309 g/mol. The summed E-state index contributed by atoms with van der Waals surface area (Å²) in [6.07, 6.45) is 0.993. The van der Waals surface area contributed by atoms with E-state index in [1.54, 1.807) is 0 Å². The average Bonchev–Trinajstić information content (AvgIpc) is 2.50. The lowest BCUT2D eigenvalue weighted by Crippen LogP contribution is -2.51. The summed E-state index contributed by atoms with van der Waals surface area (Å²) >= 11 is 6.07. The number of rotatable bonds is 3. The Hall–Kier alpha value is -0.810. The first-order chi connectivity index (χ1) is 10.2. The van der Waals surface area contributed by atoms with Crippen LogP contribution in [0, 0.1) is 5.92 Å². The van der Waals surface area contributed by atoms with Gasteiger partial charge in [-0.15, -0.1) is 0 Å². The van der Waals surface area contributed by atoms with Crippen molar-refractivity contribution in [2.24, 2.45) is 11.7 Å². The van der Waals surface area contributed by atoms with Crippen LogP contribution in [0.15, 0.2) is 24.3 Å². The van der Waals surface area contributed by atoms with Crippen LogP contribution in [0.2, 0.25) is 5.02 Å². The zero-order valence-electron chi connectivity index (χ0n) is 12.4. The molecule has 0 amide bonds. The number of piperazine rings is 1. The molecule has 0 spiro atoms. The fourth-order valence-electron chi connectivity index (χ4n) is 3.19. The number of anilines is 1. The van der Waals surface area contributed by atoms with Crippen LogP contribution in [0.1, 0.15) is 6.42 Å². The van der Waals surface area contributed by atoms with E-state index in [2.05, 4.69) is 15.9 Å². The van der Waals surface area contributed by atoms with Crippen molar-refractivity contribution in [3.8, 4) is 0 Å². The standard InChI is InChI=1S/C16H24ClN3O/c17-14-2-1-3-15(10-14)20-7-5-19(6-8-20)11-13-12-21-9-4-16(13)18/h1-3,10,13,16H,4-9,11-12,18H2. The molecular formula is C16H24ClN3O. The largest absolute Gasteiger partial charge is 0.381 e. The molecule has 2 aliphatic rings. The summed E-state index contributed by atoms with van der Waals surface area (Å²) in [5.41, 5.74) is 7.42. The van der Waals surface area contributed by atoms with Crippen LogP contribution >= 0.6 is 11.6 Å². The highest BCUT2D eigenvalue weighted by molar-refractivity contribution is 6.30. The Bertz CT molecular complexity index is 463. The smallest absolute Gasteiger partial charge is 0.0521 e. The number of ether oxygens (including phenoxy) is 1. The van der Waals surface area contributed by atoms with E-state index in [1.807, 2.05) is 18.2 Å². The molecule has 2 atom stereocenters. The third kappa shape index (κ3) is 3.89. The van der Waals surface area contributed by atoms with E-state index in [0.29, 0.717) is 12.0 Å². The minimum Gasteiger partial charge on any atom is -0.381 e. The zero-order valence-corrected chi connectivity index (χ0v) is 13.1. The fraction of sp³-hybridized carbons (Fsp3) is 0.625. The SMILES string of the molecule is NC1CCOCC1CN1CCN(c2cccc(Cl)c2)CC1. The Morgan fingerprint density at radius 2 is 2.05 bits per heavy atom. The Labute approximate surface area is 131 Å². The molecule has 3 rings (SSSR count). The van der Waals surface area contributed by atoms with E-state index in [4.69, 9.17) is 22.1 Å². The van der Waals surface area contributed by atoms with Gasteiger partial charge in [-0.2, -0.15) is 0 Å². The van der Waals surface area contributed by atoms with Gasteiger partial charge in [-0.1, -0.05) is 17.7 Å². The minimum absolute atomic E-state index is 0.296. The molecule has 2 N–H and O–H groups in total. The summed E-state index contributed by atoms with van der Waals surface area (Å²) in [6.45, 7) is 6.94. The van der Waals surface area contributed by atoms with Crippen molar-refractivity contribution < 1.29 is 4.74 Å². The summed E-state index contributed by atoms with van der Waals surface area (Å²) in [7, 11) is 0. The van der Waals surface area contributed by atoms with Gasteiger partial charge in [-0.3, -0.25) is 4.90 Å². The second-order valence-corrected chi connectivity index (χ2v) is 6.49. The molecule has 21 heavy (non-hydrogen) atoms. The molecule has 0 bridgehead atoms. The van der Waals surface area contributed by atoms with Crippen LogP contribution in [-0.4, -0.2) is 56.9 Å². The van der Waals surface area contributed by atoms with Crippen molar-refractivity contribution in [2.45, 2.75) is 12.5 Å². The van der Waals surface area contributed by atoms with Crippen LogP contribution in [-0.2, 0) is 4.74 Å². The topological polar surface area (TPSA) is 41.7 Å². The molecule has 0 radical (unpaired) electrons. The molecule has 116 valence electrons. The van der Waals surface area contributed by atoms with E-state index in [0.717, 1.165) is 57.4 Å². The van der Waals surface area contributed by atoms with Crippen LogP contribution in [0.5, 0.6) is 0 Å². The molecule has 4 nitrogen and oxygen atoms in total. The molecule has 2 saturated heterocycles. The van der Waals surface area contributed by atoms with E-state index >= 15 is 0 Å². The summed E-state index contributed by atoms with van der Waals surface area (Å²) in [5, 5.41) is 0.806. The first-order valence-corrected chi connectivity index (χ1v) is 8.16. The zero-order chi connectivity index (χ0) is 14.7. The summed E-state index contributed by atoms with van der Waals surface area (Å²) in [4.78, 5) is 4.92. The summed E-state index contributed by atoms with van der Waals surface area (Å²) in [6, 6.07) is 8.41. The molecule has 0 aromatic heterocycles. The quantitative estimate of drug-likeness (QED) is 0.925. The van der Waals surface area contributed by atoms with E-state index in [-0.39, 0.29) is 0 Å². The second-order valence-electron chi connectivity index (χ2n) is 6.06. The second kappa shape index (κ2) is 6.97. The first kappa shape index (κ1) is 15.1. The predicted molar refractivity (Wildman–Crippen MR) is 87.0 cm³/mol. The first-order valence-electron chi connectivity index (χ1n) is 7.78. The maximum Gasteiger partial charge on any atom is 0.0521 e. The highest BCUT2D eigenvalue weighted by Gasteiger charge is 2.26. The molecule has 1 aromatic carbocycles. The van der Waals surface area contributed by atoms with Crippen LogP contribution in [0.25, 0.3) is 0 Å². The molecular weight excluding hydrogens is 286 g/mol. The maximum absolute atomic E-state index is 6.20. The minimum atomic E-state index is 0.296. The van der Waals surface area contributed by atoms with Gasteiger partial charge in [-0.25, -0.2) is 0 Å². The van der Waals surface area contributed by atoms with Gasteiger partial charge in [0.05, 0.1) is 6.61 Å². The van der Waals surface area contributed by atoms with Crippen molar-refractivity contribution in [3.63, 3.8) is 0 Å². The third-order valence-corrected chi connectivity index (χ3v) is 4.81. The van der Waals surface area contributed by atoms with Crippen LogP contribution in [0.3, 0.4) is 0 Å². The molecule has 2 aliphatic heterocycles. The van der Waals surface area contributed by atoms with Crippen molar-refractivity contribution in [2.75, 3.05) is 50.8 Å². The highest BCUT2D eigenvalue weighted by Crippen LogP contribution is 2.21. The summed E-state index contributed by atoms with van der Waals surface area (Å²) < 4.78 is 5.57. The van der Waals surface area contributed by atoms with Crippen molar-refractivity contribution in [3.05, 3.63) is 29.3 Å². The summed E-state index contributed by atoms with van der Waals surface area (Å²) in [5.74, 6) is 0.483. The average molecular weight is 310 g/mol. The van der Waals surface area contributed by atoms with Gasteiger partial charge in [0.2, 0.25) is 0 Å². The predicted octanol–water partition coefficient (Wildman–Crippen LogP) is 1.83. The lowest BCUT2D eigenvalue weighted by atomic mass is 9.96. The fourth-order valence-corrected chi connectivity index (χ4v) is 3.38. The van der Waals surface area contributed by atoms with Crippen molar-refractivity contribution >= 4 is 17.3 Å². The lowest BCUT2D eigenvalue weighted by Gasteiger charge is -2.39. The molecule has 5 heteroatoms. The Kier molecular flexibility index (Phi) is 5.01. The van der Waals surface area contributed by atoms with Gasteiger partial charge in [-0.05, 0) is 24.6 Å². The van der Waals surface area contributed by atoms with Crippen LogP contribution in [0.4, 0.5) is 5.69 Å². The Balaban J connectivity index is 1.51. The Morgan fingerprint density at radius 3 is 2.76 bits per heavy atom. The number of nitrogens with zero attached hydrogens (tertiary/aromatic N) is 2. The third-order valence-electron chi connectivity index (χ3n) is 4.57. The highest BCUT2D eigenvalue weighted by atomic mass is 35.5. The van der Waals surface area contributed by atoms with Gasteiger partial charge >= 0.3 is 0 Å².